The van der Waals surface area contributed by atoms with Crippen molar-refractivity contribution in [3.63, 3.8) is 0 Å². The summed E-state index contributed by atoms with van der Waals surface area (Å²) in [5, 5.41) is 14.6. The molecule has 1 saturated heterocycles. The Morgan fingerprint density at radius 2 is 1.85 bits per heavy atom. The maximum absolute atomic E-state index is 13.4. The topological polar surface area (TPSA) is 185 Å². The number of carboxylic acids is 1. The number of hydrogen-bond donors (Lipinski definition) is 5. The second kappa shape index (κ2) is 14.0. The number of hydrogen-bond acceptors (Lipinski definition) is 7. The summed E-state index contributed by atoms with van der Waals surface area (Å²) < 4.78 is 0. The zero-order valence-corrected chi connectivity index (χ0v) is 20.4. The largest absolute Gasteiger partial charge is 0.480 e. The van der Waals surface area contributed by atoms with Gasteiger partial charge < -0.3 is 32.1 Å². The summed E-state index contributed by atoms with van der Waals surface area (Å²) in [5.41, 5.74) is 10.9. The molecule has 0 radical (unpaired) electrons. The normalized spacial score (nSPS) is 19.3. The summed E-state index contributed by atoms with van der Waals surface area (Å²) in [5.74, 6) is -2.85. The summed E-state index contributed by atoms with van der Waals surface area (Å²) in [6.45, 7) is 4.02. The first kappa shape index (κ1) is 28.7. The molecule has 4 amide bonds. The van der Waals surface area contributed by atoms with E-state index in [-0.39, 0.29) is 25.2 Å². The van der Waals surface area contributed by atoms with E-state index in [1.54, 1.807) is 0 Å². The molecular formula is C21H37N5O6S. The van der Waals surface area contributed by atoms with Gasteiger partial charge in [0.05, 0.1) is 6.04 Å². The molecular weight excluding hydrogens is 450 g/mol. The second-order valence-electron chi connectivity index (χ2n) is 8.35. The molecule has 1 heterocycles. The average Bonchev–Trinajstić information content (AvgIpc) is 3.27. The van der Waals surface area contributed by atoms with Crippen molar-refractivity contribution in [3.8, 4) is 0 Å². The zero-order valence-electron chi connectivity index (χ0n) is 19.5. The fraction of sp³-hybridized carbons (Fsp3) is 0.762. The quantitative estimate of drug-likeness (QED) is 0.215. The maximum Gasteiger partial charge on any atom is 0.326 e. The van der Waals surface area contributed by atoms with Crippen LogP contribution in [0.15, 0.2) is 0 Å². The van der Waals surface area contributed by atoms with E-state index in [1.165, 1.54) is 16.7 Å². The molecule has 11 nitrogen and oxygen atoms in total. The molecule has 0 aromatic carbocycles. The molecule has 7 N–H and O–H groups in total. The van der Waals surface area contributed by atoms with Gasteiger partial charge in [0.15, 0.2) is 0 Å². The lowest BCUT2D eigenvalue weighted by Gasteiger charge is -2.32. The molecule has 1 rings (SSSR count). The van der Waals surface area contributed by atoms with E-state index in [0.717, 1.165) is 0 Å². The summed E-state index contributed by atoms with van der Waals surface area (Å²) in [4.78, 5) is 62.6. The standard InChI is InChI=1S/C21H37N5O6S/c1-4-12(2)17(25-18(28)13(22)7-8-16(23)27)20(30)26-10-5-6-15(26)19(29)24-14(21(31)32)9-11-33-3/h12-15,17H,4-11,22H2,1-3H3,(H2,23,27)(H,24,29)(H,25,28)(H,31,32). The van der Waals surface area contributed by atoms with Crippen LogP contribution < -0.4 is 22.1 Å². The van der Waals surface area contributed by atoms with Gasteiger partial charge in [-0.1, -0.05) is 20.3 Å². The van der Waals surface area contributed by atoms with Crippen molar-refractivity contribution in [2.45, 2.75) is 76.5 Å². The first-order valence-electron chi connectivity index (χ1n) is 11.2. The molecule has 33 heavy (non-hydrogen) atoms. The number of aliphatic carboxylic acids is 1. The SMILES string of the molecule is CCC(C)C(NC(=O)C(N)CCC(N)=O)C(=O)N1CCCC1C(=O)NC(CCSC)C(=O)O. The van der Waals surface area contributed by atoms with Gasteiger partial charge in [-0.25, -0.2) is 4.79 Å². The maximum atomic E-state index is 13.4. The molecule has 5 unspecified atom stereocenters. The number of nitrogens with one attached hydrogen (secondary N) is 2. The molecule has 0 bridgehead atoms. The Morgan fingerprint density at radius 1 is 1.18 bits per heavy atom. The Bertz CT molecular complexity index is 721. The number of amides is 4. The first-order valence-corrected chi connectivity index (χ1v) is 12.6. The Balaban J connectivity index is 2.93. The van der Waals surface area contributed by atoms with E-state index < -0.39 is 53.8 Å². The van der Waals surface area contributed by atoms with E-state index in [1.807, 2.05) is 20.1 Å². The Kier molecular flexibility index (Phi) is 12.2. The number of thioether (sulfide) groups is 1. The zero-order chi connectivity index (χ0) is 25.1. The van der Waals surface area contributed by atoms with Crippen LogP contribution in [0.5, 0.6) is 0 Å². The van der Waals surface area contributed by atoms with Crippen LogP contribution in [0.3, 0.4) is 0 Å². The lowest BCUT2D eigenvalue weighted by atomic mass is 9.96. The average molecular weight is 488 g/mol. The predicted octanol–water partition coefficient (Wildman–Crippen LogP) is -0.576. The second-order valence-corrected chi connectivity index (χ2v) is 9.34. The number of primary amides is 1. The van der Waals surface area contributed by atoms with E-state index in [2.05, 4.69) is 10.6 Å². The molecule has 0 saturated carbocycles. The molecule has 0 aliphatic carbocycles. The van der Waals surface area contributed by atoms with E-state index in [9.17, 15) is 29.1 Å². The third-order valence-corrected chi connectivity index (χ3v) is 6.52. The summed E-state index contributed by atoms with van der Waals surface area (Å²) >= 11 is 1.48. The minimum atomic E-state index is -1.12. The number of carboxylic acid groups (broad SMARTS) is 1. The van der Waals surface area contributed by atoms with Crippen molar-refractivity contribution in [2.75, 3.05) is 18.6 Å². The van der Waals surface area contributed by atoms with Crippen LogP contribution >= 0.6 is 11.8 Å². The van der Waals surface area contributed by atoms with Gasteiger partial charge in [0.1, 0.15) is 18.1 Å². The highest BCUT2D eigenvalue weighted by atomic mass is 32.2. The van der Waals surface area contributed by atoms with Gasteiger partial charge in [0, 0.05) is 13.0 Å². The van der Waals surface area contributed by atoms with Crippen molar-refractivity contribution in [1.29, 1.82) is 0 Å². The van der Waals surface area contributed by atoms with Crippen LogP contribution in [0.4, 0.5) is 0 Å². The highest BCUT2D eigenvalue weighted by Gasteiger charge is 2.40. The number of nitrogens with two attached hydrogens (primary N) is 2. The van der Waals surface area contributed by atoms with Crippen molar-refractivity contribution < 1.29 is 29.1 Å². The highest BCUT2D eigenvalue weighted by molar-refractivity contribution is 7.98. The third-order valence-electron chi connectivity index (χ3n) is 5.88. The van der Waals surface area contributed by atoms with E-state index in [0.29, 0.717) is 31.6 Å². The van der Waals surface area contributed by atoms with Gasteiger partial charge in [-0.2, -0.15) is 11.8 Å². The van der Waals surface area contributed by atoms with E-state index >= 15 is 0 Å². The monoisotopic (exact) mass is 487 g/mol. The van der Waals surface area contributed by atoms with Gasteiger partial charge in [-0.3, -0.25) is 19.2 Å². The lowest BCUT2D eigenvalue weighted by molar-refractivity contribution is -0.145. The number of rotatable bonds is 14. The Labute approximate surface area is 198 Å². The van der Waals surface area contributed by atoms with Crippen LogP contribution in [-0.2, 0) is 24.0 Å². The number of likely N-dealkylation sites (tertiary alicyclic amines) is 1. The molecule has 12 heteroatoms. The third kappa shape index (κ3) is 8.84. The minimum absolute atomic E-state index is 0.0494. The molecule has 0 spiro atoms. The first-order chi connectivity index (χ1) is 15.5. The lowest BCUT2D eigenvalue weighted by Crippen LogP contribution is -2.58. The molecule has 1 fully saturated rings. The molecule has 188 valence electrons. The predicted molar refractivity (Wildman–Crippen MR) is 125 cm³/mol. The molecule has 1 aliphatic heterocycles. The van der Waals surface area contributed by atoms with Crippen molar-refractivity contribution in [2.24, 2.45) is 17.4 Å². The van der Waals surface area contributed by atoms with Gasteiger partial charge in [0.25, 0.3) is 0 Å². The Hall–Kier alpha value is -2.34. The summed E-state index contributed by atoms with van der Waals surface area (Å²) in [7, 11) is 0. The van der Waals surface area contributed by atoms with Crippen LogP contribution in [0.25, 0.3) is 0 Å². The molecule has 0 aromatic heterocycles. The van der Waals surface area contributed by atoms with Crippen molar-refractivity contribution in [1.82, 2.24) is 15.5 Å². The summed E-state index contributed by atoms with van der Waals surface area (Å²) in [6.07, 6.45) is 3.72. The van der Waals surface area contributed by atoms with Gasteiger partial charge in [-0.15, -0.1) is 0 Å². The van der Waals surface area contributed by atoms with Crippen molar-refractivity contribution in [3.05, 3.63) is 0 Å². The highest BCUT2D eigenvalue weighted by Crippen LogP contribution is 2.22. The van der Waals surface area contributed by atoms with Gasteiger partial charge in [-0.05, 0) is 43.6 Å². The summed E-state index contributed by atoms with van der Waals surface area (Å²) in [6, 6.07) is -3.74. The van der Waals surface area contributed by atoms with E-state index in [4.69, 9.17) is 11.5 Å². The van der Waals surface area contributed by atoms with Crippen LogP contribution in [-0.4, -0.2) is 82.3 Å². The van der Waals surface area contributed by atoms with Crippen LogP contribution in [0.1, 0.15) is 52.4 Å². The fourth-order valence-corrected chi connectivity index (χ4v) is 4.09. The van der Waals surface area contributed by atoms with Gasteiger partial charge >= 0.3 is 5.97 Å². The number of carbonyl (C=O) groups is 5. The van der Waals surface area contributed by atoms with Gasteiger partial charge in [0.2, 0.25) is 23.6 Å². The minimum Gasteiger partial charge on any atom is -0.480 e. The Morgan fingerprint density at radius 3 is 2.39 bits per heavy atom. The van der Waals surface area contributed by atoms with Crippen LogP contribution in [0, 0.1) is 5.92 Å². The fourth-order valence-electron chi connectivity index (χ4n) is 3.61. The van der Waals surface area contributed by atoms with Crippen LogP contribution in [0.2, 0.25) is 0 Å². The van der Waals surface area contributed by atoms with Crippen molar-refractivity contribution >= 4 is 41.4 Å². The molecule has 5 atom stereocenters. The number of carbonyl (C=O) groups excluding carboxylic acids is 4. The smallest absolute Gasteiger partial charge is 0.326 e. The molecule has 0 aromatic rings. The number of nitrogens with zero attached hydrogens (tertiary/aromatic N) is 1. The molecule has 1 aliphatic rings.